The van der Waals surface area contributed by atoms with Crippen molar-refractivity contribution in [3.8, 4) is 11.4 Å². The van der Waals surface area contributed by atoms with Gasteiger partial charge in [0.1, 0.15) is 0 Å². The molecule has 1 aromatic carbocycles. The third-order valence-corrected chi connectivity index (χ3v) is 4.65. The third-order valence-electron chi connectivity index (χ3n) is 4.01. The summed E-state index contributed by atoms with van der Waals surface area (Å²) >= 11 is 1.49. The molecule has 0 amide bonds. The minimum absolute atomic E-state index is 0.650. The van der Waals surface area contributed by atoms with Gasteiger partial charge in [0.15, 0.2) is 5.82 Å². The SMILES string of the molecule is c1ccc(-c2nsc(NC(C3CC3)C3CC3)n2)cc1. The largest absolute Gasteiger partial charge is 0.357 e. The molecule has 1 aromatic heterocycles. The molecule has 2 saturated carbocycles. The molecule has 98 valence electrons. The zero-order valence-corrected chi connectivity index (χ0v) is 11.6. The summed E-state index contributed by atoms with van der Waals surface area (Å²) in [7, 11) is 0. The van der Waals surface area contributed by atoms with E-state index < -0.39 is 0 Å². The van der Waals surface area contributed by atoms with Gasteiger partial charge >= 0.3 is 0 Å². The first kappa shape index (κ1) is 11.4. The van der Waals surface area contributed by atoms with E-state index >= 15 is 0 Å². The number of hydrogen-bond donors (Lipinski definition) is 1. The minimum Gasteiger partial charge on any atom is -0.357 e. The van der Waals surface area contributed by atoms with Crippen LogP contribution in [-0.2, 0) is 0 Å². The zero-order chi connectivity index (χ0) is 12.7. The van der Waals surface area contributed by atoms with Gasteiger partial charge in [0.2, 0.25) is 5.13 Å². The van der Waals surface area contributed by atoms with Gasteiger partial charge in [-0.15, -0.1) is 0 Å². The van der Waals surface area contributed by atoms with Gasteiger partial charge in [-0.05, 0) is 37.5 Å². The maximum atomic E-state index is 4.64. The van der Waals surface area contributed by atoms with Crippen LogP contribution in [0, 0.1) is 11.8 Å². The topological polar surface area (TPSA) is 37.8 Å². The van der Waals surface area contributed by atoms with Crippen LogP contribution in [0.15, 0.2) is 30.3 Å². The highest BCUT2D eigenvalue weighted by molar-refractivity contribution is 7.09. The lowest BCUT2D eigenvalue weighted by Gasteiger charge is -2.15. The smallest absolute Gasteiger partial charge is 0.203 e. The summed E-state index contributed by atoms with van der Waals surface area (Å²) in [6.45, 7) is 0. The standard InChI is InChI=1S/C15H17N3S/c1-2-4-12(5-3-1)14-17-15(19-18-14)16-13(10-6-7-10)11-8-9-11/h1-5,10-11,13H,6-9H2,(H,16,17,18). The summed E-state index contributed by atoms with van der Waals surface area (Å²) in [5, 5.41) is 4.63. The first-order chi connectivity index (χ1) is 9.40. The summed E-state index contributed by atoms with van der Waals surface area (Å²) in [6, 6.07) is 10.8. The van der Waals surface area contributed by atoms with E-state index in [-0.39, 0.29) is 0 Å². The van der Waals surface area contributed by atoms with Crippen molar-refractivity contribution < 1.29 is 0 Å². The highest BCUT2D eigenvalue weighted by Gasteiger charge is 2.41. The Bertz CT molecular complexity index is 546. The number of hydrogen-bond acceptors (Lipinski definition) is 4. The van der Waals surface area contributed by atoms with E-state index in [0.29, 0.717) is 6.04 Å². The normalized spacial score (nSPS) is 18.8. The van der Waals surface area contributed by atoms with E-state index in [9.17, 15) is 0 Å². The maximum absolute atomic E-state index is 4.64. The lowest BCUT2D eigenvalue weighted by Crippen LogP contribution is -2.24. The van der Waals surface area contributed by atoms with E-state index in [1.54, 1.807) is 0 Å². The molecular formula is C15H17N3S. The Morgan fingerprint density at radius 3 is 2.37 bits per heavy atom. The average molecular weight is 271 g/mol. The van der Waals surface area contributed by atoms with Crippen LogP contribution < -0.4 is 5.32 Å². The average Bonchev–Trinajstić information content (AvgIpc) is 3.37. The highest BCUT2D eigenvalue weighted by Crippen LogP contribution is 2.46. The minimum atomic E-state index is 0.650. The Morgan fingerprint density at radius 1 is 1.05 bits per heavy atom. The number of aromatic nitrogens is 2. The van der Waals surface area contributed by atoms with E-state index in [4.69, 9.17) is 0 Å². The number of nitrogens with one attached hydrogen (secondary N) is 1. The van der Waals surface area contributed by atoms with Gasteiger partial charge in [-0.1, -0.05) is 30.3 Å². The van der Waals surface area contributed by atoms with Crippen LogP contribution in [0.4, 0.5) is 5.13 Å². The fourth-order valence-corrected chi connectivity index (χ4v) is 3.30. The predicted octanol–water partition coefficient (Wildman–Crippen LogP) is 3.81. The Labute approximate surface area is 117 Å². The molecule has 0 spiro atoms. The second-order valence-corrected chi connectivity index (χ2v) is 6.39. The van der Waals surface area contributed by atoms with Crippen molar-refractivity contribution in [2.75, 3.05) is 5.32 Å². The lowest BCUT2D eigenvalue weighted by atomic mass is 10.1. The van der Waals surface area contributed by atoms with E-state index in [0.717, 1.165) is 28.4 Å². The van der Waals surface area contributed by atoms with Gasteiger partial charge in [0.05, 0.1) is 0 Å². The Kier molecular flexibility index (Phi) is 2.76. The zero-order valence-electron chi connectivity index (χ0n) is 10.7. The molecule has 0 radical (unpaired) electrons. The molecule has 0 unspecified atom stereocenters. The van der Waals surface area contributed by atoms with Gasteiger partial charge in [0.25, 0.3) is 0 Å². The molecule has 19 heavy (non-hydrogen) atoms. The fraction of sp³-hybridized carbons (Fsp3) is 0.467. The number of benzene rings is 1. The molecule has 0 bridgehead atoms. The second-order valence-electron chi connectivity index (χ2n) is 5.63. The van der Waals surface area contributed by atoms with Gasteiger partial charge < -0.3 is 5.32 Å². The molecule has 2 aliphatic carbocycles. The molecule has 2 aliphatic rings. The van der Waals surface area contributed by atoms with Crippen LogP contribution >= 0.6 is 11.5 Å². The maximum Gasteiger partial charge on any atom is 0.203 e. The van der Waals surface area contributed by atoms with Gasteiger partial charge in [-0.3, -0.25) is 0 Å². The van der Waals surface area contributed by atoms with Crippen molar-refractivity contribution in [2.24, 2.45) is 11.8 Å². The summed E-state index contributed by atoms with van der Waals surface area (Å²) in [6.07, 6.45) is 5.55. The van der Waals surface area contributed by atoms with Crippen LogP contribution in [0.2, 0.25) is 0 Å². The van der Waals surface area contributed by atoms with Crippen molar-refractivity contribution in [1.82, 2.24) is 9.36 Å². The molecule has 0 aliphatic heterocycles. The highest BCUT2D eigenvalue weighted by atomic mass is 32.1. The first-order valence-corrected chi connectivity index (χ1v) is 7.83. The molecule has 0 atom stereocenters. The summed E-state index contributed by atoms with van der Waals surface area (Å²) in [5.41, 5.74) is 1.10. The van der Waals surface area contributed by atoms with Crippen molar-refractivity contribution in [3.63, 3.8) is 0 Å². The molecule has 1 N–H and O–H groups in total. The number of anilines is 1. The summed E-state index contributed by atoms with van der Waals surface area (Å²) in [4.78, 5) is 4.64. The van der Waals surface area contributed by atoms with E-state index in [2.05, 4.69) is 26.8 Å². The van der Waals surface area contributed by atoms with E-state index in [1.807, 2.05) is 18.2 Å². The Balaban J connectivity index is 1.51. The number of rotatable bonds is 5. The quantitative estimate of drug-likeness (QED) is 0.898. The third kappa shape index (κ3) is 2.50. The van der Waals surface area contributed by atoms with Crippen LogP contribution in [0.5, 0.6) is 0 Å². The molecule has 2 aromatic rings. The van der Waals surface area contributed by atoms with Crippen LogP contribution in [0.3, 0.4) is 0 Å². The summed E-state index contributed by atoms with van der Waals surface area (Å²) < 4.78 is 4.47. The van der Waals surface area contributed by atoms with Crippen molar-refractivity contribution in [2.45, 2.75) is 31.7 Å². The Hall–Kier alpha value is -1.42. The van der Waals surface area contributed by atoms with Crippen LogP contribution in [-0.4, -0.2) is 15.4 Å². The molecule has 2 fully saturated rings. The molecule has 1 heterocycles. The predicted molar refractivity (Wildman–Crippen MR) is 78.2 cm³/mol. The number of nitrogens with zero attached hydrogens (tertiary/aromatic N) is 2. The first-order valence-electron chi connectivity index (χ1n) is 7.06. The molecule has 0 saturated heterocycles. The molecule has 4 heteroatoms. The molecular weight excluding hydrogens is 254 g/mol. The second kappa shape index (κ2) is 4.60. The van der Waals surface area contributed by atoms with Gasteiger partial charge in [-0.2, -0.15) is 9.36 Å². The molecule has 3 nitrogen and oxygen atoms in total. The van der Waals surface area contributed by atoms with Crippen LogP contribution in [0.1, 0.15) is 25.7 Å². The monoisotopic (exact) mass is 271 g/mol. The van der Waals surface area contributed by atoms with E-state index in [1.165, 1.54) is 37.2 Å². The lowest BCUT2D eigenvalue weighted by molar-refractivity contribution is 0.567. The Morgan fingerprint density at radius 2 is 1.74 bits per heavy atom. The van der Waals surface area contributed by atoms with Gasteiger partial charge in [-0.25, -0.2) is 0 Å². The molecule has 4 rings (SSSR count). The van der Waals surface area contributed by atoms with Gasteiger partial charge in [0, 0.05) is 23.1 Å². The van der Waals surface area contributed by atoms with Crippen LogP contribution in [0.25, 0.3) is 11.4 Å². The van der Waals surface area contributed by atoms with Crippen molar-refractivity contribution in [1.29, 1.82) is 0 Å². The van der Waals surface area contributed by atoms with Crippen molar-refractivity contribution in [3.05, 3.63) is 30.3 Å². The fourth-order valence-electron chi connectivity index (χ4n) is 2.66. The van der Waals surface area contributed by atoms with Crippen molar-refractivity contribution >= 4 is 16.7 Å². The summed E-state index contributed by atoms with van der Waals surface area (Å²) in [5.74, 6) is 2.62.